The van der Waals surface area contributed by atoms with Gasteiger partial charge in [0.1, 0.15) is 0 Å². The molecule has 0 atom stereocenters. The maximum absolute atomic E-state index is 5.77. The molecule has 0 amide bonds. The highest BCUT2D eigenvalue weighted by atomic mass is 16.5. The van der Waals surface area contributed by atoms with E-state index in [1.807, 2.05) is 33.8 Å². The number of aromatic amines is 1. The van der Waals surface area contributed by atoms with Crippen LogP contribution in [0.5, 0.6) is 0 Å². The molecule has 3 nitrogen and oxygen atoms in total. The van der Waals surface area contributed by atoms with Crippen LogP contribution in [-0.2, 0) is 17.8 Å². The number of ether oxygens (including phenoxy) is 1. The zero-order chi connectivity index (χ0) is 18.5. The molecule has 1 aromatic heterocycles. The van der Waals surface area contributed by atoms with Crippen molar-refractivity contribution in [2.45, 2.75) is 54.1 Å². The summed E-state index contributed by atoms with van der Waals surface area (Å²) in [5.74, 6) is 0. The van der Waals surface area contributed by atoms with E-state index in [0.717, 1.165) is 30.7 Å². The van der Waals surface area contributed by atoms with E-state index in [9.17, 15) is 0 Å². The highest BCUT2D eigenvalue weighted by Gasteiger charge is 2.08. The number of H-pyrrole nitrogens is 1. The normalized spacial score (nSPS) is 11.5. The molecule has 0 bridgehead atoms. The Kier molecular flexibility index (Phi) is 10.3. The molecule has 0 saturated heterocycles. The predicted octanol–water partition coefficient (Wildman–Crippen LogP) is 5.87. The van der Waals surface area contributed by atoms with Crippen molar-refractivity contribution in [1.29, 1.82) is 0 Å². The van der Waals surface area contributed by atoms with Crippen molar-refractivity contribution in [1.82, 2.24) is 9.97 Å². The predicted molar refractivity (Wildman–Crippen MR) is 108 cm³/mol. The summed E-state index contributed by atoms with van der Waals surface area (Å²) in [6, 6.07) is 8.49. The van der Waals surface area contributed by atoms with E-state index in [1.54, 1.807) is 6.33 Å². The first kappa shape index (κ1) is 20.9. The SMILES string of the molecule is C/C=C\C(=C/C)c1nc[nH]c1CCCOCc1ccc(C)cc1.CC. The molecule has 0 saturated carbocycles. The van der Waals surface area contributed by atoms with Crippen LogP contribution in [0.3, 0.4) is 0 Å². The van der Waals surface area contributed by atoms with Crippen LogP contribution in [0.4, 0.5) is 0 Å². The van der Waals surface area contributed by atoms with Gasteiger partial charge in [-0.2, -0.15) is 0 Å². The Morgan fingerprint density at radius 3 is 2.52 bits per heavy atom. The van der Waals surface area contributed by atoms with E-state index in [0.29, 0.717) is 6.61 Å². The van der Waals surface area contributed by atoms with Crippen LogP contribution in [0.25, 0.3) is 5.57 Å². The number of rotatable bonds is 8. The van der Waals surface area contributed by atoms with Crippen molar-refractivity contribution in [3.63, 3.8) is 0 Å². The van der Waals surface area contributed by atoms with E-state index in [1.165, 1.54) is 16.8 Å². The molecule has 3 heteroatoms. The van der Waals surface area contributed by atoms with Crippen molar-refractivity contribution in [3.05, 3.63) is 71.3 Å². The number of nitrogens with zero attached hydrogens (tertiary/aromatic N) is 1. The first-order chi connectivity index (χ1) is 12.2. The van der Waals surface area contributed by atoms with Crippen LogP contribution in [0, 0.1) is 6.92 Å². The smallest absolute Gasteiger partial charge is 0.0929 e. The molecule has 0 fully saturated rings. The number of imidazole rings is 1. The molecule has 0 aliphatic heterocycles. The largest absolute Gasteiger partial charge is 0.377 e. The van der Waals surface area contributed by atoms with E-state index >= 15 is 0 Å². The van der Waals surface area contributed by atoms with E-state index < -0.39 is 0 Å². The molecule has 0 spiro atoms. The third-order valence-electron chi connectivity index (χ3n) is 3.75. The first-order valence-corrected chi connectivity index (χ1v) is 9.19. The number of benzene rings is 1. The second-order valence-corrected chi connectivity index (χ2v) is 5.62. The molecule has 0 aliphatic carbocycles. The molecule has 1 aromatic carbocycles. The molecule has 2 aromatic rings. The standard InChI is InChI=1S/C20H26N2O.C2H6/c1-4-7-18(5-2)20-19(21-15-22-20)8-6-13-23-14-17-11-9-16(3)10-12-17;1-2/h4-5,7,9-12,15H,6,8,13-14H2,1-3H3,(H,21,22);1-2H3/b7-4-,18-5+;. The average Bonchev–Trinajstić information content (AvgIpc) is 3.11. The Hall–Kier alpha value is -2.13. The van der Waals surface area contributed by atoms with Crippen LogP contribution in [0.2, 0.25) is 0 Å². The monoisotopic (exact) mass is 340 g/mol. The molecule has 0 unspecified atom stereocenters. The fraction of sp³-hybridized carbons (Fsp3) is 0.409. The zero-order valence-electron chi connectivity index (χ0n) is 16.3. The summed E-state index contributed by atoms with van der Waals surface area (Å²) in [5.41, 5.74) is 5.88. The van der Waals surface area contributed by atoms with Gasteiger partial charge in [-0.3, -0.25) is 0 Å². The number of hydrogen-bond donors (Lipinski definition) is 1. The Balaban J connectivity index is 0.00000151. The average molecular weight is 341 g/mol. The molecule has 1 heterocycles. The van der Waals surface area contributed by atoms with Gasteiger partial charge in [0.25, 0.3) is 0 Å². The molecule has 1 N–H and O–H groups in total. The topological polar surface area (TPSA) is 37.9 Å². The lowest BCUT2D eigenvalue weighted by Crippen LogP contribution is -1.99. The summed E-state index contributed by atoms with van der Waals surface area (Å²) in [6.45, 7) is 11.6. The molecule has 25 heavy (non-hydrogen) atoms. The van der Waals surface area contributed by atoms with Crippen molar-refractivity contribution in [2.75, 3.05) is 6.61 Å². The van der Waals surface area contributed by atoms with Gasteiger partial charge in [-0.05, 0) is 44.7 Å². The lowest BCUT2D eigenvalue weighted by molar-refractivity contribution is 0.118. The van der Waals surface area contributed by atoms with Crippen molar-refractivity contribution in [3.8, 4) is 0 Å². The zero-order valence-corrected chi connectivity index (χ0v) is 16.3. The Morgan fingerprint density at radius 2 is 1.88 bits per heavy atom. The molecular formula is C22H32N2O. The van der Waals surface area contributed by atoms with E-state index in [-0.39, 0.29) is 0 Å². The molecule has 2 rings (SSSR count). The summed E-state index contributed by atoms with van der Waals surface area (Å²) < 4.78 is 5.77. The lowest BCUT2D eigenvalue weighted by Gasteiger charge is -2.06. The van der Waals surface area contributed by atoms with Gasteiger partial charge in [0.05, 0.1) is 18.6 Å². The van der Waals surface area contributed by atoms with Crippen LogP contribution in [-0.4, -0.2) is 16.6 Å². The highest BCUT2D eigenvalue weighted by molar-refractivity contribution is 5.72. The molecule has 136 valence electrons. The van der Waals surface area contributed by atoms with Gasteiger partial charge in [0.2, 0.25) is 0 Å². The number of aryl methyl sites for hydroxylation is 2. The van der Waals surface area contributed by atoms with Crippen LogP contribution < -0.4 is 0 Å². The van der Waals surface area contributed by atoms with Gasteiger partial charge in [-0.25, -0.2) is 4.98 Å². The summed E-state index contributed by atoms with van der Waals surface area (Å²) in [7, 11) is 0. The maximum Gasteiger partial charge on any atom is 0.0929 e. The Labute approximate surface area is 152 Å². The van der Waals surface area contributed by atoms with Gasteiger partial charge in [0.15, 0.2) is 0 Å². The Bertz CT molecular complexity index is 651. The second-order valence-electron chi connectivity index (χ2n) is 5.62. The molecular weight excluding hydrogens is 308 g/mol. The van der Waals surface area contributed by atoms with Crippen molar-refractivity contribution in [2.24, 2.45) is 0 Å². The summed E-state index contributed by atoms with van der Waals surface area (Å²) >= 11 is 0. The molecule has 0 aliphatic rings. The summed E-state index contributed by atoms with van der Waals surface area (Å²) in [4.78, 5) is 7.70. The van der Waals surface area contributed by atoms with Crippen molar-refractivity contribution < 1.29 is 4.74 Å². The van der Waals surface area contributed by atoms with Gasteiger partial charge in [0, 0.05) is 12.3 Å². The third-order valence-corrected chi connectivity index (χ3v) is 3.75. The van der Waals surface area contributed by atoms with Crippen LogP contribution >= 0.6 is 0 Å². The van der Waals surface area contributed by atoms with Gasteiger partial charge in [-0.1, -0.05) is 61.9 Å². The fourth-order valence-corrected chi connectivity index (χ4v) is 2.48. The number of aromatic nitrogens is 2. The quantitative estimate of drug-likeness (QED) is 0.482. The number of allylic oxidation sites excluding steroid dienone is 4. The van der Waals surface area contributed by atoms with Crippen LogP contribution in [0.1, 0.15) is 56.6 Å². The first-order valence-electron chi connectivity index (χ1n) is 9.19. The Morgan fingerprint density at radius 1 is 1.16 bits per heavy atom. The minimum absolute atomic E-state index is 0.675. The number of hydrogen-bond acceptors (Lipinski definition) is 2. The summed E-state index contributed by atoms with van der Waals surface area (Å²) in [6.07, 6.45) is 9.91. The van der Waals surface area contributed by atoms with Gasteiger partial charge in [-0.15, -0.1) is 0 Å². The highest BCUT2D eigenvalue weighted by Crippen LogP contribution is 2.18. The number of nitrogens with one attached hydrogen (secondary N) is 1. The minimum Gasteiger partial charge on any atom is -0.377 e. The van der Waals surface area contributed by atoms with Gasteiger partial charge >= 0.3 is 0 Å². The maximum atomic E-state index is 5.77. The van der Waals surface area contributed by atoms with E-state index in [4.69, 9.17) is 4.74 Å². The van der Waals surface area contributed by atoms with Gasteiger partial charge < -0.3 is 9.72 Å². The lowest BCUT2D eigenvalue weighted by atomic mass is 10.1. The van der Waals surface area contributed by atoms with Crippen molar-refractivity contribution >= 4 is 5.57 Å². The van der Waals surface area contributed by atoms with Crippen LogP contribution in [0.15, 0.2) is 48.8 Å². The minimum atomic E-state index is 0.675. The van der Waals surface area contributed by atoms with E-state index in [2.05, 4.69) is 53.3 Å². The third kappa shape index (κ3) is 7.10. The molecule has 0 radical (unpaired) electrons. The summed E-state index contributed by atoms with van der Waals surface area (Å²) in [5, 5.41) is 0. The second kappa shape index (κ2) is 12.3. The fourth-order valence-electron chi connectivity index (χ4n) is 2.48.